The number of hydrogen-bond donors (Lipinski definition) is 3. The highest BCUT2D eigenvalue weighted by Gasteiger charge is 2.29. The fraction of sp³-hybridized carbons (Fsp3) is 0.364. The van der Waals surface area contributed by atoms with E-state index in [4.69, 9.17) is 5.11 Å². The van der Waals surface area contributed by atoms with Gasteiger partial charge in [0, 0.05) is 10.6 Å². The zero-order valence-electron chi connectivity index (χ0n) is 9.56. The van der Waals surface area contributed by atoms with E-state index in [2.05, 4.69) is 5.32 Å². The maximum absolute atomic E-state index is 12.3. The van der Waals surface area contributed by atoms with Gasteiger partial charge in [-0.15, -0.1) is 0 Å². The van der Waals surface area contributed by atoms with Crippen LogP contribution in [0.4, 0.5) is 14.5 Å². The van der Waals surface area contributed by atoms with Crippen LogP contribution >= 0.6 is 11.8 Å². The summed E-state index contributed by atoms with van der Waals surface area (Å²) in [5.74, 6) is -3.94. The Balaban J connectivity index is 2.76. The first-order valence-corrected chi connectivity index (χ1v) is 5.94. The van der Waals surface area contributed by atoms with Gasteiger partial charge in [0.25, 0.3) is 5.76 Å². The smallest absolute Gasteiger partial charge is 0.337 e. The molecule has 0 heterocycles. The second-order valence-corrected chi connectivity index (χ2v) is 4.84. The van der Waals surface area contributed by atoms with E-state index in [1.165, 1.54) is 6.07 Å². The van der Waals surface area contributed by atoms with Gasteiger partial charge in [0.2, 0.25) is 0 Å². The molecule has 0 fully saturated rings. The van der Waals surface area contributed by atoms with Gasteiger partial charge in [0.1, 0.15) is 0 Å². The summed E-state index contributed by atoms with van der Waals surface area (Å²) in [6.45, 7) is 0.856. The predicted molar refractivity (Wildman–Crippen MR) is 65.1 cm³/mol. The molecular formula is C11H13F2NO3S. The van der Waals surface area contributed by atoms with Crippen molar-refractivity contribution < 1.29 is 23.8 Å². The van der Waals surface area contributed by atoms with Gasteiger partial charge in [-0.2, -0.15) is 8.78 Å². The third-order valence-electron chi connectivity index (χ3n) is 2.19. The lowest BCUT2D eigenvalue weighted by molar-refractivity contribution is -0.155. The maximum atomic E-state index is 12.3. The van der Waals surface area contributed by atoms with Gasteiger partial charge in [0.05, 0.1) is 6.54 Å². The van der Waals surface area contributed by atoms with Crippen molar-refractivity contribution in [3.05, 3.63) is 24.3 Å². The van der Waals surface area contributed by atoms with Crippen LogP contribution in [0.3, 0.4) is 0 Å². The lowest BCUT2D eigenvalue weighted by Crippen LogP contribution is -2.41. The minimum absolute atomic E-state index is 0.275. The van der Waals surface area contributed by atoms with Crippen LogP contribution in [0.2, 0.25) is 0 Å². The first kappa shape index (κ1) is 14.7. The van der Waals surface area contributed by atoms with Crippen LogP contribution < -0.4 is 5.32 Å². The zero-order valence-corrected chi connectivity index (χ0v) is 10.4. The fourth-order valence-electron chi connectivity index (χ4n) is 1.15. The molecule has 1 atom stereocenters. The molecule has 0 saturated carbocycles. The quantitative estimate of drug-likeness (QED) is 0.696. The Kier molecular flexibility index (Phi) is 4.92. The van der Waals surface area contributed by atoms with Gasteiger partial charge in [-0.05, 0) is 19.1 Å². The maximum Gasteiger partial charge on any atom is 0.337 e. The first-order valence-electron chi connectivity index (χ1n) is 5.06. The molecule has 4 nitrogen and oxygen atoms in total. The Labute approximate surface area is 107 Å². The number of rotatable bonds is 6. The van der Waals surface area contributed by atoms with Gasteiger partial charge in [-0.25, -0.2) is 4.79 Å². The molecule has 0 spiro atoms. The van der Waals surface area contributed by atoms with Crippen molar-refractivity contribution >= 4 is 23.4 Å². The molecule has 0 amide bonds. The zero-order chi connectivity index (χ0) is 13.8. The highest BCUT2D eigenvalue weighted by molar-refractivity contribution is 7.99. The molecule has 3 N–H and O–H groups in total. The molecule has 100 valence electrons. The van der Waals surface area contributed by atoms with Crippen molar-refractivity contribution in [1.82, 2.24) is 0 Å². The second-order valence-electron chi connectivity index (χ2n) is 3.81. The van der Waals surface area contributed by atoms with Crippen molar-refractivity contribution in [2.75, 3.05) is 11.9 Å². The normalized spacial score (nSPS) is 14.3. The van der Waals surface area contributed by atoms with E-state index >= 15 is 0 Å². The van der Waals surface area contributed by atoms with E-state index < -0.39 is 17.3 Å². The van der Waals surface area contributed by atoms with Gasteiger partial charge in [-0.3, -0.25) is 0 Å². The lowest BCUT2D eigenvalue weighted by Gasteiger charge is -2.20. The third-order valence-corrected chi connectivity index (χ3v) is 2.98. The van der Waals surface area contributed by atoms with Crippen molar-refractivity contribution in [3.63, 3.8) is 0 Å². The summed E-state index contributed by atoms with van der Waals surface area (Å²) in [5, 5.41) is 20.9. The van der Waals surface area contributed by atoms with Crippen LogP contribution in [0.1, 0.15) is 6.92 Å². The number of hydrogen-bond acceptors (Lipinski definition) is 4. The molecule has 1 unspecified atom stereocenters. The van der Waals surface area contributed by atoms with Gasteiger partial charge in [-0.1, -0.05) is 23.9 Å². The fourth-order valence-corrected chi connectivity index (χ4v) is 1.77. The first-order chi connectivity index (χ1) is 8.33. The highest BCUT2D eigenvalue weighted by Crippen LogP contribution is 2.31. The number of halogens is 2. The second kappa shape index (κ2) is 6.01. The third kappa shape index (κ3) is 4.15. The van der Waals surface area contributed by atoms with Crippen LogP contribution in [-0.4, -0.2) is 34.1 Å². The number of nitrogens with one attached hydrogen (secondary N) is 1. The summed E-state index contributed by atoms with van der Waals surface area (Å²) in [4.78, 5) is 11.0. The molecule has 0 aliphatic heterocycles. The molecule has 7 heteroatoms. The summed E-state index contributed by atoms with van der Waals surface area (Å²) in [7, 11) is 0. The summed E-state index contributed by atoms with van der Waals surface area (Å²) in [6, 6.07) is 6.27. The number of carbonyl (C=O) groups is 1. The standard InChI is InChI=1S/C11H13F2NO3S/c1-11(17,9(15)16)6-14-7-4-2-3-5-8(7)18-10(12)13/h2-5,10,14,17H,6H2,1H3,(H,15,16). The summed E-state index contributed by atoms with van der Waals surface area (Å²) in [5.41, 5.74) is -1.59. The Hall–Kier alpha value is -1.34. The van der Waals surface area contributed by atoms with Crippen LogP contribution in [0, 0.1) is 0 Å². The van der Waals surface area contributed by atoms with Crippen LogP contribution in [-0.2, 0) is 4.79 Å². The molecule has 0 aliphatic rings. The Morgan fingerprint density at radius 2 is 2.11 bits per heavy atom. The van der Waals surface area contributed by atoms with E-state index in [1.807, 2.05) is 0 Å². The number of alkyl halides is 2. The number of carboxylic acids is 1. The number of thioether (sulfide) groups is 1. The van der Waals surface area contributed by atoms with Crippen LogP contribution in [0.25, 0.3) is 0 Å². The molecule has 0 aromatic heterocycles. The van der Waals surface area contributed by atoms with Crippen molar-refractivity contribution in [2.24, 2.45) is 0 Å². The van der Waals surface area contributed by atoms with Crippen LogP contribution in [0.5, 0.6) is 0 Å². The molecule has 18 heavy (non-hydrogen) atoms. The predicted octanol–water partition coefficient (Wildman–Crippen LogP) is 2.25. The number of aliphatic hydroxyl groups is 1. The molecule has 0 radical (unpaired) electrons. The molecule has 0 saturated heterocycles. The molecule has 1 rings (SSSR count). The Bertz CT molecular complexity index is 427. The molecule has 1 aromatic carbocycles. The number of anilines is 1. The highest BCUT2D eigenvalue weighted by atomic mass is 32.2. The SMILES string of the molecule is CC(O)(CNc1ccccc1SC(F)F)C(=O)O. The van der Waals surface area contributed by atoms with E-state index in [-0.39, 0.29) is 6.54 Å². The molecule has 1 aromatic rings. The number of benzene rings is 1. The largest absolute Gasteiger partial charge is 0.479 e. The van der Waals surface area contributed by atoms with Gasteiger partial charge in [0.15, 0.2) is 5.60 Å². The van der Waals surface area contributed by atoms with E-state index in [0.717, 1.165) is 6.92 Å². The monoisotopic (exact) mass is 277 g/mol. The molecule has 0 bridgehead atoms. The van der Waals surface area contributed by atoms with Gasteiger partial charge < -0.3 is 15.5 Å². The minimum atomic E-state index is -2.56. The van der Waals surface area contributed by atoms with Crippen molar-refractivity contribution in [3.8, 4) is 0 Å². The minimum Gasteiger partial charge on any atom is -0.479 e. The van der Waals surface area contributed by atoms with Gasteiger partial charge >= 0.3 is 5.97 Å². The van der Waals surface area contributed by atoms with E-state index in [9.17, 15) is 18.7 Å². The average molecular weight is 277 g/mol. The van der Waals surface area contributed by atoms with Crippen LogP contribution in [0.15, 0.2) is 29.2 Å². The summed E-state index contributed by atoms with van der Waals surface area (Å²) < 4.78 is 24.6. The van der Waals surface area contributed by atoms with Crippen molar-refractivity contribution in [2.45, 2.75) is 23.2 Å². The van der Waals surface area contributed by atoms with Crippen molar-refractivity contribution in [1.29, 1.82) is 0 Å². The number of carboxylic acid groups (broad SMARTS) is 1. The number of para-hydroxylation sites is 1. The Morgan fingerprint density at radius 3 is 2.67 bits per heavy atom. The molecule has 0 aliphatic carbocycles. The summed E-state index contributed by atoms with van der Waals surface area (Å²) >= 11 is 0.359. The van der Waals surface area contributed by atoms with E-state index in [0.29, 0.717) is 22.3 Å². The molecular weight excluding hydrogens is 264 g/mol. The average Bonchev–Trinajstić information content (AvgIpc) is 2.27. The lowest BCUT2D eigenvalue weighted by atomic mass is 10.1. The topological polar surface area (TPSA) is 69.6 Å². The Morgan fingerprint density at radius 1 is 1.50 bits per heavy atom. The van der Waals surface area contributed by atoms with E-state index in [1.54, 1.807) is 18.2 Å². The number of aliphatic carboxylic acids is 1. The summed E-state index contributed by atoms with van der Waals surface area (Å²) in [6.07, 6.45) is 0.